The highest BCUT2D eigenvalue weighted by atomic mass is 35.5. The van der Waals surface area contributed by atoms with E-state index in [9.17, 15) is 4.79 Å². The Morgan fingerprint density at radius 1 is 1.26 bits per heavy atom. The first-order chi connectivity index (χ1) is 12.8. The van der Waals surface area contributed by atoms with Crippen LogP contribution in [0.1, 0.15) is 73.1 Å². The minimum absolute atomic E-state index is 0. The predicted octanol–water partition coefficient (Wildman–Crippen LogP) is 3.44. The molecule has 0 aromatic carbocycles. The molecule has 146 valence electrons. The second-order valence-corrected chi connectivity index (χ2v) is 8.02. The van der Waals surface area contributed by atoms with Gasteiger partial charge in [-0.15, -0.1) is 12.4 Å². The molecule has 6 nitrogen and oxygen atoms in total. The van der Waals surface area contributed by atoms with Crippen molar-refractivity contribution in [3.63, 3.8) is 0 Å². The maximum Gasteiger partial charge on any atom is 0.259 e. The molecule has 0 radical (unpaired) electrons. The van der Waals surface area contributed by atoms with Crippen molar-refractivity contribution in [1.29, 1.82) is 0 Å². The second-order valence-electron chi connectivity index (χ2n) is 8.02. The van der Waals surface area contributed by atoms with Crippen LogP contribution < -0.4 is 5.32 Å². The monoisotopic (exact) mass is 390 g/mol. The number of hydrogen-bond acceptors (Lipinski definition) is 5. The van der Waals surface area contributed by atoms with Crippen molar-refractivity contribution in [1.82, 2.24) is 20.4 Å². The maximum atomic E-state index is 13.7. The number of amides is 1. The zero-order chi connectivity index (χ0) is 17.7. The summed E-state index contributed by atoms with van der Waals surface area (Å²) in [5.41, 5.74) is 3.18. The molecule has 1 aliphatic carbocycles. The molecule has 1 N–H and O–H groups in total. The van der Waals surface area contributed by atoms with Crippen LogP contribution in [0.3, 0.4) is 0 Å². The molecule has 5 rings (SSSR count). The summed E-state index contributed by atoms with van der Waals surface area (Å²) in [5, 5.41) is 8.57. The second kappa shape index (κ2) is 7.40. The zero-order valence-corrected chi connectivity index (χ0v) is 16.6. The molecule has 1 saturated carbocycles. The molecule has 2 aromatic heterocycles. The molecule has 1 amide bonds. The van der Waals surface area contributed by atoms with E-state index in [4.69, 9.17) is 4.52 Å². The number of fused-ring (bicyclic) bond motifs is 3. The molecule has 27 heavy (non-hydrogen) atoms. The Hall–Kier alpha value is -1.66. The van der Waals surface area contributed by atoms with Crippen molar-refractivity contribution in [3.8, 4) is 0 Å². The highest BCUT2D eigenvalue weighted by Crippen LogP contribution is 2.41. The van der Waals surface area contributed by atoms with E-state index in [0.29, 0.717) is 23.7 Å². The van der Waals surface area contributed by atoms with Crippen molar-refractivity contribution in [2.24, 2.45) is 0 Å². The minimum Gasteiger partial charge on any atom is -0.336 e. The van der Waals surface area contributed by atoms with E-state index in [1.165, 1.54) is 0 Å². The van der Waals surface area contributed by atoms with Crippen LogP contribution in [0.4, 0.5) is 0 Å². The summed E-state index contributed by atoms with van der Waals surface area (Å²) in [6.07, 6.45) is 7.34. The van der Waals surface area contributed by atoms with Crippen molar-refractivity contribution in [3.05, 3.63) is 23.0 Å². The first-order valence-corrected chi connectivity index (χ1v) is 10.1. The van der Waals surface area contributed by atoms with Gasteiger partial charge in [-0.1, -0.05) is 18.5 Å². The number of rotatable bonds is 4. The fraction of sp³-hybridized carbons (Fsp3) is 0.650. The summed E-state index contributed by atoms with van der Waals surface area (Å²) >= 11 is 0. The number of halogens is 1. The summed E-state index contributed by atoms with van der Waals surface area (Å²) in [7, 11) is 0. The standard InChI is InChI=1S/C20H26N4O2.ClH/c1-2-3-16-18-15(10-17(12-4-5-12)22-19(18)26-23-16)20(25)24-13-6-7-14(24)11-21-9-8-13;/h10,12-14,21H,2-9,11H2,1H3;1H. The fourth-order valence-corrected chi connectivity index (χ4v) is 4.65. The highest BCUT2D eigenvalue weighted by molar-refractivity contribution is 6.06. The van der Waals surface area contributed by atoms with Gasteiger partial charge in [0.15, 0.2) is 0 Å². The van der Waals surface area contributed by atoms with Gasteiger partial charge in [0.25, 0.3) is 11.6 Å². The molecule has 2 saturated heterocycles. The van der Waals surface area contributed by atoms with Gasteiger partial charge in [0.2, 0.25) is 0 Å². The number of pyridine rings is 1. The normalized spacial score (nSPS) is 24.7. The van der Waals surface area contributed by atoms with Crippen LogP contribution in [0, 0.1) is 0 Å². The number of aryl methyl sites for hydroxylation is 1. The lowest BCUT2D eigenvalue weighted by atomic mass is 10.0. The topological polar surface area (TPSA) is 71.3 Å². The minimum atomic E-state index is 0. The largest absolute Gasteiger partial charge is 0.336 e. The molecule has 3 aliphatic rings. The Bertz CT molecular complexity index is 834. The van der Waals surface area contributed by atoms with E-state index < -0.39 is 0 Å². The van der Waals surface area contributed by atoms with Crippen LogP contribution in [0.15, 0.2) is 10.6 Å². The summed E-state index contributed by atoms with van der Waals surface area (Å²) < 4.78 is 5.55. The van der Waals surface area contributed by atoms with Crippen LogP contribution in [-0.4, -0.2) is 46.1 Å². The van der Waals surface area contributed by atoms with E-state index in [1.54, 1.807) is 0 Å². The van der Waals surface area contributed by atoms with Crippen molar-refractivity contribution in [2.45, 2.75) is 69.9 Å². The molecular formula is C20H27ClN4O2. The lowest BCUT2D eigenvalue weighted by Gasteiger charge is -2.28. The van der Waals surface area contributed by atoms with E-state index in [0.717, 1.165) is 80.4 Å². The van der Waals surface area contributed by atoms with E-state index in [2.05, 4.69) is 27.3 Å². The van der Waals surface area contributed by atoms with Crippen LogP contribution in [0.25, 0.3) is 11.1 Å². The van der Waals surface area contributed by atoms with Gasteiger partial charge in [-0.2, -0.15) is 0 Å². The van der Waals surface area contributed by atoms with Crippen LogP contribution in [-0.2, 0) is 6.42 Å². The fourth-order valence-electron chi connectivity index (χ4n) is 4.65. The molecule has 2 bridgehead atoms. The maximum absolute atomic E-state index is 13.7. The summed E-state index contributed by atoms with van der Waals surface area (Å²) in [5.74, 6) is 0.629. The summed E-state index contributed by atoms with van der Waals surface area (Å²) in [4.78, 5) is 20.5. The number of nitrogens with zero attached hydrogens (tertiary/aromatic N) is 3. The molecule has 3 fully saturated rings. The molecule has 7 heteroatoms. The molecular weight excluding hydrogens is 364 g/mol. The third-order valence-electron chi connectivity index (χ3n) is 6.14. The van der Waals surface area contributed by atoms with Gasteiger partial charge in [-0.25, -0.2) is 4.98 Å². The molecule has 2 atom stereocenters. The Morgan fingerprint density at radius 2 is 2.07 bits per heavy atom. The quantitative estimate of drug-likeness (QED) is 0.865. The third-order valence-corrected chi connectivity index (χ3v) is 6.14. The summed E-state index contributed by atoms with van der Waals surface area (Å²) in [6.45, 7) is 4.02. The third kappa shape index (κ3) is 3.23. The lowest BCUT2D eigenvalue weighted by molar-refractivity contribution is 0.0682. The number of aromatic nitrogens is 2. The van der Waals surface area contributed by atoms with Crippen molar-refractivity contribution < 1.29 is 9.32 Å². The van der Waals surface area contributed by atoms with Crippen molar-refractivity contribution in [2.75, 3.05) is 13.1 Å². The van der Waals surface area contributed by atoms with Crippen LogP contribution in [0.2, 0.25) is 0 Å². The van der Waals surface area contributed by atoms with Gasteiger partial charge >= 0.3 is 0 Å². The first-order valence-electron chi connectivity index (χ1n) is 10.1. The number of carbonyl (C=O) groups excluding carboxylic acids is 1. The average Bonchev–Trinajstić information content (AvgIpc) is 3.34. The van der Waals surface area contributed by atoms with Gasteiger partial charge in [0.05, 0.1) is 16.6 Å². The van der Waals surface area contributed by atoms with Crippen molar-refractivity contribution >= 4 is 29.4 Å². The average molecular weight is 391 g/mol. The molecule has 4 heterocycles. The molecule has 2 aliphatic heterocycles. The number of carbonyl (C=O) groups is 1. The van der Waals surface area contributed by atoms with Gasteiger partial charge in [0.1, 0.15) is 0 Å². The lowest BCUT2D eigenvalue weighted by Crippen LogP contribution is -2.42. The van der Waals surface area contributed by atoms with Crippen LogP contribution >= 0.6 is 12.4 Å². The Kier molecular flexibility index (Phi) is 5.12. The zero-order valence-electron chi connectivity index (χ0n) is 15.7. The highest BCUT2D eigenvalue weighted by Gasteiger charge is 2.40. The van der Waals surface area contributed by atoms with E-state index in [-0.39, 0.29) is 18.3 Å². The Balaban J connectivity index is 0.00000180. The first kappa shape index (κ1) is 18.7. The Morgan fingerprint density at radius 3 is 2.85 bits per heavy atom. The summed E-state index contributed by atoms with van der Waals surface area (Å²) in [6, 6.07) is 2.69. The van der Waals surface area contributed by atoms with E-state index in [1.807, 2.05) is 6.07 Å². The van der Waals surface area contributed by atoms with E-state index >= 15 is 0 Å². The predicted molar refractivity (Wildman–Crippen MR) is 105 cm³/mol. The van der Waals surface area contributed by atoms with Gasteiger partial charge < -0.3 is 14.7 Å². The molecule has 2 unspecified atom stereocenters. The van der Waals surface area contributed by atoms with Gasteiger partial charge in [-0.3, -0.25) is 4.79 Å². The smallest absolute Gasteiger partial charge is 0.259 e. The SMILES string of the molecule is CCCc1noc2nc(C3CC3)cc(C(=O)N3C4CCNCC3CC4)c12.Cl. The number of hydrogen-bond donors (Lipinski definition) is 1. The molecule has 2 aromatic rings. The molecule has 0 spiro atoms. The van der Waals surface area contributed by atoms with Gasteiger partial charge in [-0.05, 0) is 51.1 Å². The number of nitrogens with one attached hydrogen (secondary N) is 1. The van der Waals surface area contributed by atoms with Crippen LogP contribution in [0.5, 0.6) is 0 Å². The van der Waals surface area contributed by atoms with Gasteiger partial charge in [0, 0.05) is 30.2 Å². The Labute approximate surface area is 165 Å².